The normalized spacial score (nSPS) is 18.2. The van der Waals surface area contributed by atoms with Crippen LogP contribution in [0, 0.1) is 5.82 Å². The number of piperazine rings is 1. The lowest BCUT2D eigenvalue weighted by Crippen LogP contribution is -2.52. The largest absolute Gasteiger partial charge is 0.485 e. The number of rotatable bonds is 11. The molecular weight excluding hydrogens is 790 g/mol. The summed E-state index contributed by atoms with van der Waals surface area (Å²) in [4.78, 5) is 53.3. The predicted molar refractivity (Wildman–Crippen MR) is 222 cm³/mol. The van der Waals surface area contributed by atoms with E-state index in [0.29, 0.717) is 52.6 Å². The molecular formula is C42H42FN11O5S. The Kier molecular flexibility index (Phi) is 10.0. The van der Waals surface area contributed by atoms with E-state index in [9.17, 15) is 18.6 Å². The van der Waals surface area contributed by atoms with E-state index in [1.165, 1.54) is 23.0 Å². The number of imide groups is 1. The van der Waals surface area contributed by atoms with Crippen molar-refractivity contribution in [3.63, 3.8) is 0 Å². The van der Waals surface area contributed by atoms with Gasteiger partial charge in [-0.1, -0.05) is 12.1 Å². The standard InChI is InChI=1S/C42H42FN11O5S/c1-25(2)59-38-37(28-20-45-46-21-28)44-24-54-39(38)49-42(50-54)47-34-10-8-31(19-33(34)43)60(3,58)30-6-4-5-26(17-30)22-51-13-15-52(16-14-51)29-7-9-32-27(18-29)23-53(41(32)57)35-11-12-36(55)48-40(35)56/h4-10,17-21,24-25,35H,3,11-16,22-23H2,1-2H3,(H,45,46)(H,47,50)(H,48,55,56). The first-order valence-electron chi connectivity index (χ1n) is 19.6. The second-order valence-corrected chi connectivity index (χ2v) is 17.7. The predicted octanol–water partition coefficient (Wildman–Crippen LogP) is 4.40. The molecule has 2 atom stereocenters. The fraction of sp³-hybridized carbons (Fsp3) is 0.286. The van der Waals surface area contributed by atoms with Gasteiger partial charge in [0.05, 0.1) is 18.0 Å². The van der Waals surface area contributed by atoms with Gasteiger partial charge in [-0.15, -0.1) is 5.10 Å². The molecule has 3 amide bonds. The van der Waals surface area contributed by atoms with Crippen LogP contribution in [-0.4, -0.2) is 106 Å². The number of hydrogen-bond donors (Lipinski definition) is 3. The molecule has 6 heterocycles. The highest BCUT2D eigenvalue weighted by atomic mass is 32.2. The Labute approximate surface area is 344 Å². The van der Waals surface area contributed by atoms with E-state index in [1.54, 1.807) is 29.4 Å². The number of halogens is 1. The number of anilines is 3. The summed E-state index contributed by atoms with van der Waals surface area (Å²) in [7, 11) is -3.08. The lowest BCUT2D eigenvalue weighted by atomic mass is 10.0. The first kappa shape index (κ1) is 38.8. The number of nitrogens with zero attached hydrogens (tertiary/aromatic N) is 8. The van der Waals surface area contributed by atoms with Crippen LogP contribution in [0.15, 0.2) is 89.2 Å². The summed E-state index contributed by atoms with van der Waals surface area (Å²) in [6.07, 6.45) is 5.18. The van der Waals surface area contributed by atoms with Gasteiger partial charge in [-0.3, -0.25) is 33.9 Å². The van der Waals surface area contributed by atoms with Gasteiger partial charge in [0.1, 0.15) is 23.9 Å². The molecule has 60 heavy (non-hydrogen) atoms. The summed E-state index contributed by atoms with van der Waals surface area (Å²) in [6, 6.07) is 16.9. The lowest BCUT2D eigenvalue weighted by molar-refractivity contribution is -0.136. The third kappa shape index (κ3) is 7.43. The van der Waals surface area contributed by atoms with E-state index >= 15 is 4.39 Å². The highest BCUT2D eigenvalue weighted by Gasteiger charge is 2.39. The molecule has 3 aliphatic rings. The Morgan fingerprint density at radius 3 is 2.60 bits per heavy atom. The average molecular weight is 832 g/mol. The Bertz CT molecular complexity index is 2770. The molecule has 6 aromatic rings. The van der Waals surface area contributed by atoms with Crippen molar-refractivity contribution >= 4 is 56.1 Å². The van der Waals surface area contributed by atoms with Gasteiger partial charge in [0, 0.05) is 88.0 Å². The second-order valence-electron chi connectivity index (χ2n) is 15.4. The summed E-state index contributed by atoms with van der Waals surface area (Å²) >= 11 is 0. The molecule has 9 rings (SSSR count). The fourth-order valence-electron chi connectivity index (χ4n) is 7.91. The Balaban J connectivity index is 0.841. The van der Waals surface area contributed by atoms with Crippen molar-refractivity contribution in [3.8, 4) is 17.0 Å². The third-order valence-corrected chi connectivity index (χ3v) is 13.0. The first-order valence-corrected chi connectivity index (χ1v) is 21.3. The molecule has 2 unspecified atom stereocenters. The van der Waals surface area contributed by atoms with Gasteiger partial charge in [-0.25, -0.2) is 9.37 Å². The molecule has 0 radical (unpaired) electrons. The molecule has 18 heteroatoms. The summed E-state index contributed by atoms with van der Waals surface area (Å²) < 4.78 is 37.5. The molecule has 3 aromatic heterocycles. The van der Waals surface area contributed by atoms with Crippen molar-refractivity contribution in [1.82, 2.24) is 44.9 Å². The van der Waals surface area contributed by atoms with Crippen LogP contribution in [0.5, 0.6) is 5.75 Å². The number of hydrogen-bond acceptors (Lipinski definition) is 12. The Morgan fingerprint density at radius 2 is 1.85 bits per heavy atom. The van der Waals surface area contributed by atoms with Crippen molar-refractivity contribution in [2.75, 3.05) is 36.4 Å². The smallest absolute Gasteiger partial charge is 0.255 e. The number of carbonyl (C=O) groups excluding carboxylic acids is 3. The summed E-state index contributed by atoms with van der Waals surface area (Å²) in [5, 5.41) is 16.5. The van der Waals surface area contributed by atoms with Gasteiger partial charge in [0.25, 0.3) is 5.91 Å². The number of benzene rings is 3. The maximum absolute atomic E-state index is 15.7. The SMILES string of the molecule is C=S(=O)(c1cccc(CN2CCN(c3ccc4c(c3)CN(C3CCC(=O)NC3=O)C4=O)CC2)c1)c1ccc(Nc2nc3c(OC(C)C)c(-c4cn[nH]c4)ncn3n2)c(F)c1. The van der Waals surface area contributed by atoms with Gasteiger partial charge in [0.2, 0.25) is 23.4 Å². The minimum absolute atomic E-state index is 0.0923. The van der Waals surface area contributed by atoms with E-state index < -0.39 is 27.3 Å². The van der Waals surface area contributed by atoms with Crippen LogP contribution in [0.2, 0.25) is 0 Å². The zero-order chi connectivity index (χ0) is 41.7. The van der Waals surface area contributed by atoms with E-state index in [4.69, 9.17) is 4.74 Å². The van der Waals surface area contributed by atoms with Gasteiger partial charge >= 0.3 is 0 Å². The monoisotopic (exact) mass is 831 g/mol. The summed E-state index contributed by atoms with van der Waals surface area (Å²) in [5.74, 6) is 3.02. The number of H-pyrrole nitrogens is 1. The van der Waals surface area contributed by atoms with Crippen LogP contribution in [0.4, 0.5) is 21.7 Å². The van der Waals surface area contributed by atoms with Crippen LogP contribution in [0.1, 0.15) is 48.2 Å². The molecule has 16 nitrogen and oxygen atoms in total. The van der Waals surface area contributed by atoms with E-state index in [-0.39, 0.29) is 40.9 Å². The van der Waals surface area contributed by atoms with Crippen molar-refractivity contribution < 1.29 is 27.7 Å². The van der Waals surface area contributed by atoms with Crippen LogP contribution >= 0.6 is 0 Å². The minimum Gasteiger partial charge on any atom is -0.485 e. The lowest BCUT2D eigenvalue weighted by Gasteiger charge is -2.36. The molecule has 2 fully saturated rings. The van der Waals surface area contributed by atoms with Gasteiger partial charge < -0.3 is 19.9 Å². The van der Waals surface area contributed by atoms with Gasteiger partial charge in [0.15, 0.2) is 5.75 Å². The zero-order valence-corrected chi connectivity index (χ0v) is 33.7. The summed E-state index contributed by atoms with van der Waals surface area (Å²) in [6.45, 7) is 7.81. The number of aromatic amines is 1. The molecule has 3 N–H and O–H groups in total. The van der Waals surface area contributed by atoms with Gasteiger partial charge in [-0.2, -0.15) is 14.6 Å². The van der Waals surface area contributed by atoms with E-state index in [0.717, 1.165) is 43.0 Å². The Morgan fingerprint density at radius 1 is 1.03 bits per heavy atom. The third-order valence-electron chi connectivity index (χ3n) is 11.0. The van der Waals surface area contributed by atoms with Crippen molar-refractivity contribution in [3.05, 3.63) is 102 Å². The van der Waals surface area contributed by atoms with Crippen molar-refractivity contribution in [2.45, 2.75) is 61.7 Å². The number of fused-ring (bicyclic) bond motifs is 2. The van der Waals surface area contributed by atoms with Crippen LogP contribution in [0.3, 0.4) is 0 Å². The Hall–Kier alpha value is -6.66. The number of aromatic nitrogens is 6. The number of amides is 3. The van der Waals surface area contributed by atoms with E-state index in [1.807, 2.05) is 50.2 Å². The highest BCUT2D eigenvalue weighted by Crippen LogP contribution is 2.34. The van der Waals surface area contributed by atoms with Crippen molar-refractivity contribution in [1.29, 1.82) is 0 Å². The zero-order valence-electron chi connectivity index (χ0n) is 32.9. The highest BCUT2D eigenvalue weighted by molar-refractivity contribution is 8.00. The fourth-order valence-corrected chi connectivity index (χ4v) is 9.40. The van der Waals surface area contributed by atoms with Crippen LogP contribution < -0.4 is 20.3 Å². The van der Waals surface area contributed by atoms with Crippen LogP contribution in [-0.2, 0) is 32.2 Å². The quantitative estimate of drug-likeness (QED) is 0.124. The molecule has 3 aliphatic heterocycles. The number of carbonyl (C=O) groups is 3. The maximum Gasteiger partial charge on any atom is 0.255 e. The first-order chi connectivity index (χ1) is 28.9. The van der Waals surface area contributed by atoms with E-state index in [2.05, 4.69) is 51.6 Å². The number of nitrogens with one attached hydrogen (secondary N) is 3. The molecule has 0 bridgehead atoms. The average Bonchev–Trinajstić information content (AvgIpc) is 3.99. The molecule has 0 aliphatic carbocycles. The number of ether oxygens (including phenoxy) is 1. The molecule has 0 saturated carbocycles. The van der Waals surface area contributed by atoms with Crippen molar-refractivity contribution in [2.24, 2.45) is 0 Å². The topological polar surface area (TPSA) is 183 Å². The second kappa shape index (κ2) is 15.5. The molecule has 308 valence electrons. The minimum atomic E-state index is -3.08. The summed E-state index contributed by atoms with van der Waals surface area (Å²) in [5.41, 5.74) is 5.16. The van der Waals surface area contributed by atoms with Gasteiger partial charge in [-0.05, 0) is 85.8 Å². The maximum atomic E-state index is 15.7. The number of piperidine rings is 1. The van der Waals surface area contributed by atoms with Crippen LogP contribution in [0.25, 0.3) is 16.9 Å². The molecule has 3 aromatic carbocycles. The molecule has 2 saturated heterocycles. The molecule has 0 spiro atoms.